The highest BCUT2D eigenvalue weighted by Gasteiger charge is 2.28. The summed E-state index contributed by atoms with van der Waals surface area (Å²) >= 11 is 0. The summed E-state index contributed by atoms with van der Waals surface area (Å²) in [6.45, 7) is 8.88. The minimum Gasteiger partial charge on any atom is -0.465 e. The second-order valence-electron chi connectivity index (χ2n) is 10.7. The van der Waals surface area contributed by atoms with E-state index in [1.54, 1.807) is 43.3 Å². The van der Waals surface area contributed by atoms with Gasteiger partial charge in [0, 0.05) is 31.6 Å². The maximum atomic E-state index is 13.0. The highest BCUT2D eigenvalue weighted by Crippen LogP contribution is 2.23. The van der Waals surface area contributed by atoms with Gasteiger partial charge in [-0.3, -0.25) is 24.7 Å². The number of nitrogens with one attached hydrogen (secondary N) is 4. The summed E-state index contributed by atoms with van der Waals surface area (Å²) in [6.07, 6.45) is 1.67. The van der Waals surface area contributed by atoms with Gasteiger partial charge in [0.15, 0.2) is 5.96 Å². The topological polar surface area (TPSA) is 155 Å². The van der Waals surface area contributed by atoms with Crippen molar-refractivity contribution in [3.63, 3.8) is 0 Å². The van der Waals surface area contributed by atoms with Crippen molar-refractivity contribution >= 4 is 33.8 Å². The first-order valence-corrected chi connectivity index (χ1v) is 15.1. The Morgan fingerprint density at radius 2 is 1.73 bits per heavy atom. The molecule has 2 aromatic carbocycles. The van der Waals surface area contributed by atoms with Crippen LogP contribution < -0.4 is 20.7 Å². The van der Waals surface area contributed by atoms with Crippen molar-refractivity contribution in [2.24, 2.45) is 4.99 Å². The van der Waals surface area contributed by atoms with Crippen LogP contribution in [0.1, 0.15) is 62.0 Å². The van der Waals surface area contributed by atoms with Crippen LogP contribution in [0, 0.1) is 0 Å². The summed E-state index contributed by atoms with van der Waals surface area (Å²) in [7, 11) is -4.07. The highest BCUT2D eigenvalue weighted by molar-refractivity contribution is 7.89. The number of guanidine groups is 1. The number of carbonyl (C=O) groups is 3. The van der Waals surface area contributed by atoms with E-state index in [4.69, 9.17) is 4.74 Å². The molecule has 0 saturated carbocycles. The molecule has 1 heterocycles. The molecule has 11 nitrogen and oxygen atoms in total. The van der Waals surface area contributed by atoms with E-state index in [1.165, 1.54) is 12.1 Å². The molecule has 1 aliphatic rings. The fourth-order valence-corrected chi connectivity index (χ4v) is 5.18. The van der Waals surface area contributed by atoms with Gasteiger partial charge in [0.1, 0.15) is 6.04 Å². The predicted octanol–water partition coefficient (Wildman–Crippen LogP) is 2.02. The molecule has 3 rings (SSSR count). The van der Waals surface area contributed by atoms with Crippen molar-refractivity contribution in [1.82, 2.24) is 20.7 Å². The van der Waals surface area contributed by atoms with E-state index in [0.29, 0.717) is 24.5 Å². The van der Waals surface area contributed by atoms with E-state index >= 15 is 0 Å². The van der Waals surface area contributed by atoms with Crippen molar-refractivity contribution in [1.29, 1.82) is 0 Å². The van der Waals surface area contributed by atoms with Crippen LogP contribution in [0.2, 0.25) is 0 Å². The molecule has 0 unspecified atom stereocenters. The third-order valence-electron chi connectivity index (χ3n) is 6.38. The van der Waals surface area contributed by atoms with Gasteiger partial charge in [-0.1, -0.05) is 45.0 Å². The highest BCUT2D eigenvalue weighted by atomic mass is 32.2. The molecule has 0 fully saturated rings. The Hall–Kier alpha value is -3.77. The third kappa shape index (κ3) is 9.68. The molecule has 222 valence electrons. The molecule has 1 atom stereocenters. The number of rotatable bonds is 11. The van der Waals surface area contributed by atoms with Gasteiger partial charge >= 0.3 is 5.97 Å². The zero-order valence-electron chi connectivity index (χ0n) is 24.0. The third-order valence-corrected chi connectivity index (χ3v) is 7.87. The van der Waals surface area contributed by atoms with Gasteiger partial charge in [-0.05, 0) is 60.6 Å². The SMILES string of the molecule is CCOC(=O)[C@H](CNC(=O)c1ccc(CCC(=O)NC2=NCCCN2)cc1)NS(=O)(=O)c1ccc(C(C)(C)C)cc1. The second-order valence-corrected chi connectivity index (χ2v) is 12.4. The molecule has 0 radical (unpaired) electrons. The van der Waals surface area contributed by atoms with Crippen LogP contribution in [0.4, 0.5) is 0 Å². The van der Waals surface area contributed by atoms with Crippen LogP contribution in [0.3, 0.4) is 0 Å². The van der Waals surface area contributed by atoms with Gasteiger partial charge in [-0.15, -0.1) is 0 Å². The van der Waals surface area contributed by atoms with Crippen LogP contribution in [-0.4, -0.2) is 64.4 Å². The average Bonchev–Trinajstić information content (AvgIpc) is 2.94. The Morgan fingerprint density at radius 1 is 1.05 bits per heavy atom. The number of hydrogen-bond donors (Lipinski definition) is 4. The number of hydrogen-bond acceptors (Lipinski definition) is 8. The molecule has 1 aliphatic heterocycles. The standard InChI is InChI=1S/C29H39N5O6S/c1-5-40-27(37)24(34-41(38,39)23-14-12-22(13-15-23)29(2,3)4)19-32-26(36)21-10-7-20(8-11-21)9-16-25(35)33-28-30-17-6-18-31-28/h7-8,10-15,24,34H,5-6,9,16-19H2,1-4H3,(H,32,36)(H2,30,31,33,35)/t24-/m0/s1. The van der Waals surface area contributed by atoms with Crippen LogP contribution >= 0.6 is 0 Å². The molecular weight excluding hydrogens is 546 g/mol. The number of amides is 2. The molecule has 4 N–H and O–H groups in total. The van der Waals surface area contributed by atoms with E-state index in [-0.39, 0.29) is 35.8 Å². The molecule has 12 heteroatoms. The molecule has 0 aliphatic carbocycles. The van der Waals surface area contributed by atoms with Crippen LogP contribution in [-0.2, 0) is 36.2 Å². The fraction of sp³-hybridized carbons (Fsp3) is 0.448. The van der Waals surface area contributed by atoms with Gasteiger partial charge < -0.3 is 15.4 Å². The molecule has 0 aromatic heterocycles. The normalized spacial score (nSPS) is 14.3. The van der Waals surface area contributed by atoms with Crippen LogP contribution in [0.15, 0.2) is 58.4 Å². The molecule has 0 bridgehead atoms. The van der Waals surface area contributed by atoms with Crippen molar-refractivity contribution in [3.05, 3.63) is 65.2 Å². The van der Waals surface area contributed by atoms with Crippen molar-refractivity contribution in [2.75, 3.05) is 26.2 Å². The number of aryl methyl sites for hydroxylation is 1. The fourth-order valence-electron chi connectivity index (χ4n) is 3.99. The van der Waals surface area contributed by atoms with Crippen LogP contribution in [0.25, 0.3) is 0 Å². The van der Waals surface area contributed by atoms with E-state index < -0.39 is 27.9 Å². The lowest BCUT2D eigenvalue weighted by Gasteiger charge is -2.20. The Balaban J connectivity index is 1.58. The van der Waals surface area contributed by atoms with E-state index in [1.807, 2.05) is 20.8 Å². The smallest absolute Gasteiger partial charge is 0.326 e. The summed E-state index contributed by atoms with van der Waals surface area (Å²) in [5.74, 6) is -0.947. The number of esters is 1. The molecule has 41 heavy (non-hydrogen) atoms. The van der Waals surface area contributed by atoms with Gasteiger partial charge in [0.25, 0.3) is 5.91 Å². The zero-order valence-corrected chi connectivity index (χ0v) is 24.8. The number of benzene rings is 2. The second kappa shape index (κ2) is 14.2. The first kappa shape index (κ1) is 31.8. The summed E-state index contributed by atoms with van der Waals surface area (Å²) in [6, 6.07) is 11.8. The minimum atomic E-state index is -4.07. The quantitative estimate of drug-likeness (QED) is 0.294. The molecule has 0 spiro atoms. The lowest BCUT2D eigenvalue weighted by Crippen LogP contribution is -2.49. The number of carbonyl (C=O) groups excluding carboxylic acids is 3. The van der Waals surface area contributed by atoms with E-state index in [0.717, 1.165) is 24.1 Å². The van der Waals surface area contributed by atoms with Gasteiger partial charge in [-0.25, -0.2) is 8.42 Å². The van der Waals surface area contributed by atoms with Gasteiger partial charge in [-0.2, -0.15) is 4.72 Å². The minimum absolute atomic E-state index is 0.00149. The number of aliphatic imine (C=N–C) groups is 1. The van der Waals surface area contributed by atoms with Crippen LogP contribution in [0.5, 0.6) is 0 Å². The van der Waals surface area contributed by atoms with Crippen molar-refractivity contribution in [2.45, 2.75) is 63.3 Å². The molecule has 0 saturated heterocycles. The zero-order chi connectivity index (χ0) is 30.0. The van der Waals surface area contributed by atoms with Gasteiger partial charge in [0.05, 0.1) is 11.5 Å². The molecule has 2 aromatic rings. The Morgan fingerprint density at radius 3 is 2.32 bits per heavy atom. The summed E-state index contributed by atoms with van der Waals surface area (Å²) in [4.78, 5) is 41.7. The number of sulfonamides is 1. The molecule has 2 amide bonds. The Labute approximate surface area is 241 Å². The maximum absolute atomic E-state index is 13.0. The largest absolute Gasteiger partial charge is 0.465 e. The Bertz CT molecular complexity index is 1350. The van der Waals surface area contributed by atoms with Crippen molar-refractivity contribution in [3.8, 4) is 0 Å². The summed E-state index contributed by atoms with van der Waals surface area (Å²) in [5.41, 5.74) is 2.00. The first-order chi connectivity index (χ1) is 19.4. The monoisotopic (exact) mass is 585 g/mol. The van der Waals surface area contributed by atoms with Crippen molar-refractivity contribution < 1.29 is 27.5 Å². The van der Waals surface area contributed by atoms with E-state index in [2.05, 4.69) is 25.7 Å². The summed E-state index contributed by atoms with van der Waals surface area (Å²) in [5, 5.41) is 8.39. The summed E-state index contributed by atoms with van der Waals surface area (Å²) < 4.78 is 33.4. The molecular formula is C29H39N5O6S. The van der Waals surface area contributed by atoms with Gasteiger partial charge in [0.2, 0.25) is 15.9 Å². The lowest BCUT2D eigenvalue weighted by atomic mass is 9.87. The number of ether oxygens (including phenoxy) is 1. The predicted molar refractivity (Wildman–Crippen MR) is 156 cm³/mol. The average molecular weight is 586 g/mol. The Kier molecular flexibility index (Phi) is 11.0. The lowest BCUT2D eigenvalue weighted by molar-refractivity contribution is -0.144. The van der Waals surface area contributed by atoms with E-state index in [9.17, 15) is 22.8 Å². The number of nitrogens with zero attached hydrogens (tertiary/aromatic N) is 1. The maximum Gasteiger partial charge on any atom is 0.326 e. The first-order valence-electron chi connectivity index (χ1n) is 13.6.